The van der Waals surface area contributed by atoms with Gasteiger partial charge in [-0.1, -0.05) is 11.6 Å². The lowest BCUT2D eigenvalue weighted by Gasteiger charge is -2.09. The number of benzene rings is 1. The van der Waals surface area contributed by atoms with Gasteiger partial charge in [-0.05, 0) is 24.3 Å². The van der Waals surface area contributed by atoms with E-state index in [-0.39, 0.29) is 12.2 Å². The van der Waals surface area contributed by atoms with Gasteiger partial charge in [-0.2, -0.15) is 9.78 Å². The lowest BCUT2D eigenvalue weighted by Crippen LogP contribution is -2.44. The molecule has 0 bridgehead atoms. The van der Waals surface area contributed by atoms with Gasteiger partial charge >= 0.3 is 5.69 Å². The fourth-order valence-electron chi connectivity index (χ4n) is 1.82. The summed E-state index contributed by atoms with van der Waals surface area (Å²) in [5.41, 5.74) is -1.42. The summed E-state index contributed by atoms with van der Waals surface area (Å²) in [6.45, 7) is 0.517. The van der Waals surface area contributed by atoms with Crippen LogP contribution in [0.15, 0.2) is 33.9 Å². The number of amides is 1. The van der Waals surface area contributed by atoms with Crippen molar-refractivity contribution in [3.63, 3.8) is 0 Å². The molecule has 122 valence electrons. The van der Waals surface area contributed by atoms with Crippen LogP contribution in [0.2, 0.25) is 5.02 Å². The summed E-state index contributed by atoms with van der Waals surface area (Å²) >= 11 is 5.81. The molecule has 1 heterocycles. The third-order valence-electron chi connectivity index (χ3n) is 3.05. The average Bonchev–Trinajstić information content (AvgIpc) is 2.54. The van der Waals surface area contributed by atoms with E-state index in [1.807, 2.05) is 0 Å². The highest BCUT2D eigenvalue weighted by atomic mass is 35.5. The Balaban J connectivity index is 2.49. The van der Waals surface area contributed by atoms with Gasteiger partial charge in [-0.15, -0.1) is 0 Å². The molecule has 0 radical (unpaired) electrons. The summed E-state index contributed by atoms with van der Waals surface area (Å²) < 4.78 is 6.62. The smallest absolute Gasteiger partial charge is 0.351 e. The van der Waals surface area contributed by atoms with Crippen LogP contribution in [-0.2, 0) is 11.8 Å². The standard InChI is InChI=1S/C14H15ClN4O4/c1-18-13(21)11(12(20)16-7-8-23-2)17-19(14(18)22)10-5-3-9(15)4-6-10/h3-6H,7-8H2,1-2H3,(H,16,20). The molecule has 1 N–H and O–H groups in total. The summed E-state index contributed by atoms with van der Waals surface area (Å²) in [5, 5.41) is 6.88. The predicted octanol–water partition coefficient (Wildman–Crippen LogP) is -0.0392. The SMILES string of the molecule is COCCNC(=O)c1nn(-c2ccc(Cl)cc2)c(=O)n(C)c1=O. The molecule has 0 spiro atoms. The molecule has 0 fully saturated rings. The minimum absolute atomic E-state index is 0.222. The normalized spacial score (nSPS) is 10.6. The molecule has 0 saturated carbocycles. The van der Waals surface area contributed by atoms with E-state index in [2.05, 4.69) is 10.4 Å². The van der Waals surface area contributed by atoms with Crippen molar-refractivity contribution in [1.82, 2.24) is 19.7 Å². The van der Waals surface area contributed by atoms with E-state index in [0.29, 0.717) is 17.3 Å². The van der Waals surface area contributed by atoms with Crippen molar-refractivity contribution in [2.45, 2.75) is 0 Å². The highest BCUT2D eigenvalue weighted by Crippen LogP contribution is 2.10. The second kappa shape index (κ2) is 7.21. The summed E-state index contributed by atoms with van der Waals surface area (Å²) in [6.07, 6.45) is 0. The number of carbonyl (C=O) groups is 1. The first-order valence-electron chi connectivity index (χ1n) is 6.69. The molecule has 0 saturated heterocycles. The van der Waals surface area contributed by atoms with Crippen molar-refractivity contribution in [3.8, 4) is 5.69 Å². The molecule has 1 amide bonds. The molecular weight excluding hydrogens is 324 g/mol. The zero-order valence-corrected chi connectivity index (χ0v) is 13.3. The summed E-state index contributed by atoms with van der Waals surface area (Å²) in [5.74, 6) is -0.676. The maximum Gasteiger partial charge on any atom is 0.351 e. The van der Waals surface area contributed by atoms with Crippen LogP contribution in [-0.4, -0.2) is 40.5 Å². The Bertz CT molecular complexity index is 826. The van der Waals surface area contributed by atoms with E-state index in [9.17, 15) is 14.4 Å². The van der Waals surface area contributed by atoms with E-state index in [1.54, 1.807) is 24.3 Å². The Morgan fingerprint density at radius 2 is 1.96 bits per heavy atom. The number of hydrogen-bond donors (Lipinski definition) is 1. The summed E-state index contributed by atoms with van der Waals surface area (Å²) in [7, 11) is 2.77. The molecule has 0 aliphatic heterocycles. The van der Waals surface area contributed by atoms with Crippen molar-refractivity contribution < 1.29 is 9.53 Å². The topological polar surface area (TPSA) is 95.2 Å². The van der Waals surface area contributed by atoms with Crippen molar-refractivity contribution in [3.05, 3.63) is 55.8 Å². The minimum Gasteiger partial charge on any atom is -0.383 e. The molecule has 0 unspecified atom stereocenters. The molecule has 9 heteroatoms. The first-order valence-corrected chi connectivity index (χ1v) is 7.07. The number of carbonyl (C=O) groups excluding carboxylic acids is 1. The Hall–Kier alpha value is -2.45. The second-order valence-corrected chi connectivity index (χ2v) is 5.07. The van der Waals surface area contributed by atoms with Crippen LogP contribution < -0.4 is 16.6 Å². The van der Waals surface area contributed by atoms with Crippen LogP contribution in [0.5, 0.6) is 0 Å². The fourth-order valence-corrected chi connectivity index (χ4v) is 1.94. The third-order valence-corrected chi connectivity index (χ3v) is 3.31. The molecule has 2 rings (SSSR count). The van der Waals surface area contributed by atoms with Crippen LogP contribution in [0, 0.1) is 0 Å². The third kappa shape index (κ3) is 3.66. The van der Waals surface area contributed by atoms with Crippen molar-refractivity contribution in [1.29, 1.82) is 0 Å². The van der Waals surface area contributed by atoms with Gasteiger partial charge in [0.05, 0.1) is 12.3 Å². The van der Waals surface area contributed by atoms with Crippen LogP contribution >= 0.6 is 11.6 Å². The molecule has 1 aromatic heterocycles. The monoisotopic (exact) mass is 338 g/mol. The number of nitrogens with zero attached hydrogens (tertiary/aromatic N) is 3. The molecule has 0 aliphatic rings. The zero-order valence-electron chi connectivity index (χ0n) is 12.6. The molecular formula is C14H15ClN4O4. The van der Waals surface area contributed by atoms with E-state index < -0.39 is 17.2 Å². The Labute approximate surface area is 136 Å². The number of halogens is 1. The van der Waals surface area contributed by atoms with Crippen LogP contribution in [0.25, 0.3) is 5.69 Å². The van der Waals surface area contributed by atoms with E-state index in [4.69, 9.17) is 16.3 Å². The molecule has 0 aliphatic carbocycles. The van der Waals surface area contributed by atoms with Crippen LogP contribution in [0.1, 0.15) is 10.5 Å². The van der Waals surface area contributed by atoms with Gasteiger partial charge in [0.1, 0.15) is 0 Å². The summed E-state index contributed by atoms with van der Waals surface area (Å²) in [6, 6.07) is 6.28. The first-order chi connectivity index (χ1) is 11.0. The van der Waals surface area contributed by atoms with Gasteiger partial charge in [0, 0.05) is 25.7 Å². The number of rotatable bonds is 5. The first kappa shape index (κ1) is 16.9. The van der Waals surface area contributed by atoms with Crippen molar-refractivity contribution in [2.24, 2.45) is 7.05 Å². The van der Waals surface area contributed by atoms with Crippen LogP contribution in [0.4, 0.5) is 0 Å². The minimum atomic E-state index is -0.768. The Morgan fingerprint density at radius 3 is 2.57 bits per heavy atom. The highest BCUT2D eigenvalue weighted by Gasteiger charge is 2.18. The summed E-state index contributed by atoms with van der Waals surface area (Å²) in [4.78, 5) is 36.3. The van der Waals surface area contributed by atoms with Gasteiger partial charge < -0.3 is 10.1 Å². The molecule has 2 aromatic rings. The quantitative estimate of drug-likeness (QED) is 0.772. The number of nitrogens with one attached hydrogen (secondary N) is 1. The van der Waals surface area contributed by atoms with E-state index >= 15 is 0 Å². The van der Waals surface area contributed by atoms with Crippen LogP contribution in [0.3, 0.4) is 0 Å². The van der Waals surface area contributed by atoms with Crippen molar-refractivity contribution >= 4 is 17.5 Å². The maximum atomic E-state index is 12.2. The lowest BCUT2D eigenvalue weighted by atomic mass is 10.3. The van der Waals surface area contributed by atoms with Crippen molar-refractivity contribution in [2.75, 3.05) is 20.3 Å². The second-order valence-electron chi connectivity index (χ2n) is 4.63. The number of hydrogen-bond acceptors (Lipinski definition) is 5. The van der Waals surface area contributed by atoms with E-state index in [1.165, 1.54) is 14.2 Å². The lowest BCUT2D eigenvalue weighted by molar-refractivity contribution is 0.0927. The highest BCUT2D eigenvalue weighted by molar-refractivity contribution is 6.30. The number of methoxy groups -OCH3 is 1. The van der Waals surface area contributed by atoms with E-state index in [0.717, 1.165) is 9.25 Å². The average molecular weight is 339 g/mol. The fraction of sp³-hybridized carbons (Fsp3) is 0.286. The van der Waals surface area contributed by atoms with Gasteiger partial charge in [0.2, 0.25) is 5.69 Å². The molecule has 8 nitrogen and oxygen atoms in total. The number of ether oxygens (including phenoxy) is 1. The number of aromatic nitrogens is 3. The van der Waals surface area contributed by atoms with Gasteiger partial charge in [-0.3, -0.25) is 14.2 Å². The van der Waals surface area contributed by atoms with Gasteiger partial charge in [0.25, 0.3) is 11.5 Å². The molecule has 0 atom stereocenters. The van der Waals surface area contributed by atoms with Gasteiger partial charge in [-0.25, -0.2) is 4.79 Å². The zero-order chi connectivity index (χ0) is 17.0. The predicted molar refractivity (Wildman–Crippen MR) is 84.3 cm³/mol. The largest absolute Gasteiger partial charge is 0.383 e. The molecule has 1 aromatic carbocycles. The Kier molecular flexibility index (Phi) is 5.30. The maximum absolute atomic E-state index is 12.2. The van der Waals surface area contributed by atoms with Gasteiger partial charge in [0.15, 0.2) is 0 Å². The Morgan fingerprint density at radius 1 is 1.30 bits per heavy atom. The molecule has 23 heavy (non-hydrogen) atoms.